The van der Waals surface area contributed by atoms with E-state index in [0.29, 0.717) is 24.3 Å². The summed E-state index contributed by atoms with van der Waals surface area (Å²) in [4.78, 5) is -5.24. The first-order valence-electron chi connectivity index (χ1n) is 11.4. The standard InChI is InChI=1S/2C11H10O9S3/c1-6-2-8-9(10(3-6)22(15,16)17)4-7(21(12,13)14)5-11(8)23(18,19)20;1-6-2-3-8-9(11(6)23(18,19)20)4-7(21(12,13)14)5-10(8)22(15,16)17/h2*2-5H,1H3,(H,12,13,14)(H,15,16,17)(H,18,19,20). The fourth-order valence-electron chi connectivity index (χ4n) is 4.25. The Morgan fingerprint density at radius 1 is 0.391 bits per heavy atom. The molecule has 0 unspecified atom stereocenters. The van der Waals surface area contributed by atoms with E-state index in [1.54, 1.807) is 0 Å². The van der Waals surface area contributed by atoms with E-state index in [2.05, 4.69) is 0 Å². The molecule has 4 aromatic carbocycles. The minimum Gasteiger partial charge on any atom is -0.282 e. The molecule has 4 aromatic rings. The average Bonchev–Trinajstić information content (AvgIpc) is 2.83. The Morgan fingerprint density at radius 2 is 0.761 bits per heavy atom. The second-order valence-corrected chi connectivity index (χ2v) is 17.7. The summed E-state index contributed by atoms with van der Waals surface area (Å²) in [7, 11) is -29.4. The number of fused-ring (bicyclic) bond motifs is 2. The molecule has 18 nitrogen and oxygen atoms in total. The first kappa shape index (κ1) is 37.3. The molecule has 0 heterocycles. The third-order valence-electron chi connectivity index (χ3n) is 6.02. The molecule has 0 amide bonds. The quantitative estimate of drug-likeness (QED) is 0.152. The molecule has 0 fully saturated rings. The predicted octanol–water partition coefficient (Wildman–Crippen LogP) is 1.78. The zero-order chi connectivity index (χ0) is 35.6. The van der Waals surface area contributed by atoms with Crippen LogP contribution in [0, 0.1) is 13.8 Å². The molecule has 46 heavy (non-hydrogen) atoms. The van der Waals surface area contributed by atoms with Crippen molar-refractivity contribution in [3.63, 3.8) is 0 Å². The lowest BCUT2D eigenvalue weighted by Gasteiger charge is -2.11. The monoisotopic (exact) mass is 764 g/mol. The second-order valence-electron chi connectivity index (χ2n) is 9.36. The maximum atomic E-state index is 11.5. The Labute approximate surface area is 261 Å². The fraction of sp³-hybridized carbons (Fsp3) is 0.0909. The SMILES string of the molecule is Cc1cc(S(=O)(=O)O)c2cc(S(=O)(=O)O)cc(S(=O)(=O)O)c2c1.Cc1ccc2c(S(=O)(=O)O)cc(S(=O)(=O)O)cc2c1S(=O)(=O)O. The molecular weight excluding hydrogens is 745 g/mol. The molecule has 4 rings (SSSR count). The maximum absolute atomic E-state index is 11.5. The van der Waals surface area contributed by atoms with E-state index < -0.39 is 101 Å². The summed E-state index contributed by atoms with van der Waals surface area (Å²) in [5.74, 6) is 0. The third kappa shape index (κ3) is 8.04. The molecule has 0 aliphatic carbocycles. The molecular formula is C22H20O18S6. The molecule has 0 aliphatic rings. The van der Waals surface area contributed by atoms with Crippen LogP contribution in [0.3, 0.4) is 0 Å². The van der Waals surface area contributed by atoms with Gasteiger partial charge in [-0.2, -0.15) is 50.5 Å². The Bertz CT molecular complexity index is 2620. The molecule has 0 spiro atoms. The minimum atomic E-state index is -4.94. The van der Waals surface area contributed by atoms with Crippen LogP contribution in [0.1, 0.15) is 11.1 Å². The largest absolute Gasteiger partial charge is 0.295 e. The molecule has 252 valence electrons. The summed E-state index contributed by atoms with van der Waals surface area (Å²) in [6, 6.07) is 6.82. The van der Waals surface area contributed by atoms with Crippen molar-refractivity contribution in [2.24, 2.45) is 0 Å². The van der Waals surface area contributed by atoms with Gasteiger partial charge in [-0.1, -0.05) is 12.1 Å². The first-order chi connectivity index (χ1) is 20.4. The van der Waals surface area contributed by atoms with Gasteiger partial charge in [-0.05, 0) is 61.4 Å². The number of rotatable bonds is 6. The molecule has 0 bridgehead atoms. The number of hydrogen-bond acceptors (Lipinski definition) is 12. The van der Waals surface area contributed by atoms with Crippen LogP contribution < -0.4 is 0 Å². The van der Waals surface area contributed by atoms with Crippen molar-refractivity contribution in [3.8, 4) is 0 Å². The molecule has 24 heteroatoms. The molecule has 0 aliphatic heterocycles. The van der Waals surface area contributed by atoms with Crippen molar-refractivity contribution in [1.29, 1.82) is 0 Å². The highest BCUT2D eigenvalue weighted by Crippen LogP contribution is 2.34. The lowest BCUT2D eigenvalue weighted by Crippen LogP contribution is -2.08. The normalized spacial score (nSPS) is 13.4. The van der Waals surface area contributed by atoms with Crippen LogP contribution in [-0.2, 0) is 60.7 Å². The highest BCUT2D eigenvalue weighted by Gasteiger charge is 2.27. The fourth-order valence-corrected chi connectivity index (χ4v) is 8.62. The molecule has 6 N–H and O–H groups in total. The van der Waals surface area contributed by atoms with Gasteiger partial charge in [0.15, 0.2) is 0 Å². The summed E-state index contributed by atoms with van der Waals surface area (Å²) in [5.41, 5.74) is 0.239. The van der Waals surface area contributed by atoms with Crippen molar-refractivity contribution in [1.82, 2.24) is 0 Å². The van der Waals surface area contributed by atoms with Crippen molar-refractivity contribution < 1.29 is 77.8 Å². The Balaban J connectivity index is 0.000000250. The summed E-state index contributed by atoms with van der Waals surface area (Å²) in [6.07, 6.45) is 0. The third-order valence-corrected chi connectivity index (χ3v) is 11.4. The van der Waals surface area contributed by atoms with E-state index in [0.717, 1.165) is 12.1 Å². The summed E-state index contributed by atoms with van der Waals surface area (Å²) in [6.45, 7) is 2.69. The lowest BCUT2D eigenvalue weighted by atomic mass is 10.1. The minimum absolute atomic E-state index is 0.00813. The van der Waals surface area contributed by atoms with Crippen LogP contribution in [0.15, 0.2) is 77.9 Å². The highest BCUT2D eigenvalue weighted by molar-refractivity contribution is 7.88. The highest BCUT2D eigenvalue weighted by atomic mass is 32.2. The van der Waals surface area contributed by atoms with Crippen molar-refractivity contribution >= 4 is 82.3 Å². The molecule has 0 aromatic heterocycles. The number of hydrogen-bond donors (Lipinski definition) is 6. The van der Waals surface area contributed by atoms with E-state index in [-0.39, 0.29) is 21.9 Å². The average molecular weight is 765 g/mol. The van der Waals surface area contributed by atoms with Gasteiger partial charge in [0.25, 0.3) is 60.7 Å². The Kier molecular flexibility index (Phi) is 9.60. The zero-order valence-corrected chi connectivity index (χ0v) is 27.5. The van der Waals surface area contributed by atoms with Gasteiger partial charge < -0.3 is 0 Å². The Morgan fingerprint density at radius 3 is 1.15 bits per heavy atom. The van der Waals surface area contributed by atoms with Gasteiger partial charge in [0.2, 0.25) is 0 Å². The summed E-state index contributed by atoms with van der Waals surface area (Å²) >= 11 is 0. The topological polar surface area (TPSA) is 326 Å². The van der Waals surface area contributed by atoms with E-state index in [4.69, 9.17) is 9.11 Å². The van der Waals surface area contributed by atoms with Gasteiger partial charge in [0.05, 0.1) is 9.79 Å². The van der Waals surface area contributed by atoms with Gasteiger partial charge in [-0.3, -0.25) is 27.3 Å². The van der Waals surface area contributed by atoms with Crippen LogP contribution in [0.2, 0.25) is 0 Å². The van der Waals surface area contributed by atoms with Crippen molar-refractivity contribution in [2.75, 3.05) is 0 Å². The maximum Gasteiger partial charge on any atom is 0.295 e. The first-order valence-corrected chi connectivity index (χ1v) is 20.1. The van der Waals surface area contributed by atoms with Crippen molar-refractivity contribution in [2.45, 2.75) is 43.2 Å². The second kappa shape index (κ2) is 11.8. The number of benzene rings is 4. The van der Waals surface area contributed by atoms with Gasteiger partial charge in [0.1, 0.15) is 19.6 Å². The molecule has 0 saturated heterocycles. The van der Waals surface area contributed by atoms with Gasteiger partial charge in [0, 0.05) is 21.5 Å². The van der Waals surface area contributed by atoms with Crippen LogP contribution in [0.5, 0.6) is 0 Å². The van der Waals surface area contributed by atoms with Gasteiger partial charge in [-0.15, -0.1) is 0 Å². The Hall–Kier alpha value is -3.14. The predicted molar refractivity (Wildman–Crippen MR) is 156 cm³/mol. The molecule has 0 saturated carbocycles. The van der Waals surface area contributed by atoms with Gasteiger partial charge in [-0.25, -0.2) is 0 Å². The zero-order valence-electron chi connectivity index (χ0n) is 22.7. The van der Waals surface area contributed by atoms with Crippen LogP contribution in [0.25, 0.3) is 21.5 Å². The molecule has 0 atom stereocenters. The van der Waals surface area contributed by atoms with E-state index in [1.165, 1.54) is 26.0 Å². The van der Waals surface area contributed by atoms with Crippen LogP contribution in [0.4, 0.5) is 0 Å². The van der Waals surface area contributed by atoms with Gasteiger partial charge >= 0.3 is 0 Å². The van der Waals surface area contributed by atoms with E-state index in [9.17, 15) is 68.7 Å². The van der Waals surface area contributed by atoms with Crippen LogP contribution >= 0.6 is 0 Å². The smallest absolute Gasteiger partial charge is 0.282 e. The molecule has 0 radical (unpaired) electrons. The van der Waals surface area contributed by atoms with Crippen LogP contribution in [-0.4, -0.2) is 77.8 Å². The van der Waals surface area contributed by atoms with Crippen molar-refractivity contribution in [3.05, 3.63) is 59.7 Å². The van der Waals surface area contributed by atoms with E-state index >= 15 is 0 Å². The van der Waals surface area contributed by atoms with E-state index in [1.807, 2.05) is 0 Å². The summed E-state index contributed by atoms with van der Waals surface area (Å²) < 4.78 is 192. The summed E-state index contributed by atoms with van der Waals surface area (Å²) in [5, 5.41) is -1.62. The lowest BCUT2D eigenvalue weighted by molar-refractivity contribution is 0.477. The number of aryl methyl sites for hydroxylation is 2.